The molecule has 2 N–H and O–H groups in total. The SMILES string of the molecule is CC(C)(C)Oc1cncc(N)c1. The molecular formula is C9H14N2O. The molecule has 1 heterocycles. The summed E-state index contributed by atoms with van der Waals surface area (Å²) >= 11 is 0. The molecule has 3 heteroatoms. The van der Waals surface area contributed by atoms with Crippen LogP contribution in [0.3, 0.4) is 0 Å². The molecule has 0 amide bonds. The number of hydrogen-bond donors (Lipinski definition) is 1. The van der Waals surface area contributed by atoms with Gasteiger partial charge in [0.2, 0.25) is 0 Å². The van der Waals surface area contributed by atoms with Gasteiger partial charge in [-0.05, 0) is 20.8 Å². The van der Waals surface area contributed by atoms with E-state index in [2.05, 4.69) is 4.98 Å². The lowest BCUT2D eigenvalue weighted by atomic mass is 10.2. The Bertz CT molecular complexity index is 265. The van der Waals surface area contributed by atoms with E-state index < -0.39 is 0 Å². The van der Waals surface area contributed by atoms with E-state index in [0.29, 0.717) is 11.4 Å². The van der Waals surface area contributed by atoms with Crippen molar-refractivity contribution in [3.05, 3.63) is 18.5 Å². The Labute approximate surface area is 72.6 Å². The van der Waals surface area contributed by atoms with Crippen molar-refractivity contribution < 1.29 is 4.74 Å². The summed E-state index contributed by atoms with van der Waals surface area (Å²) in [6, 6.07) is 1.76. The molecule has 0 aliphatic heterocycles. The maximum absolute atomic E-state index is 5.54. The van der Waals surface area contributed by atoms with Crippen molar-refractivity contribution in [1.82, 2.24) is 4.98 Å². The van der Waals surface area contributed by atoms with Crippen LogP contribution in [0.15, 0.2) is 18.5 Å². The number of nitrogens with two attached hydrogens (primary N) is 1. The zero-order valence-electron chi connectivity index (χ0n) is 7.66. The Kier molecular flexibility index (Phi) is 2.22. The van der Waals surface area contributed by atoms with Crippen molar-refractivity contribution in [2.45, 2.75) is 26.4 Å². The first-order chi connectivity index (χ1) is 5.47. The van der Waals surface area contributed by atoms with Gasteiger partial charge in [-0.3, -0.25) is 4.98 Å². The summed E-state index contributed by atoms with van der Waals surface area (Å²) in [6.45, 7) is 5.95. The summed E-state index contributed by atoms with van der Waals surface area (Å²) < 4.78 is 5.54. The van der Waals surface area contributed by atoms with Gasteiger partial charge in [0.1, 0.15) is 11.4 Å². The minimum atomic E-state index is -0.199. The van der Waals surface area contributed by atoms with Crippen LogP contribution < -0.4 is 10.5 Å². The molecule has 0 saturated heterocycles. The van der Waals surface area contributed by atoms with Gasteiger partial charge in [-0.1, -0.05) is 0 Å². The number of anilines is 1. The highest BCUT2D eigenvalue weighted by Crippen LogP contribution is 2.18. The fraction of sp³-hybridized carbons (Fsp3) is 0.444. The lowest BCUT2D eigenvalue weighted by molar-refractivity contribution is 0.130. The van der Waals surface area contributed by atoms with Crippen molar-refractivity contribution in [3.8, 4) is 5.75 Å². The molecule has 0 radical (unpaired) electrons. The molecule has 0 atom stereocenters. The summed E-state index contributed by atoms with van der Waals surface area (Å²) in [5.74, 6) is 0.711. The summed E-state index contributed by atoms with van der Waals surface area (Å²) in [5.41, 5.74) is 5.96. The Morgan fingerprint density at radius 3 is 2.50 bits per heavy atom. The van der Waals surface area contributed by atoms with Gasteiger partial charge in [0.25, 0.3) is 0 Å². The Morgan fingerprint density at radius 1 is 1.33 bits per heavy atom. The van der Waals surface area contributed by atoms with Gasteiger partial charge in [-0.25, -0.2) is 0 Å². The molecular weight excluding hydrogens is 152 g/mol. The third kappa shape index (κ3) is 2.78. The van der Waals surface area contributed by atoms with Crippen LogP contribution in [0.4, 0.5) is 5.69 Å². The van der Waals surface area contributed by atoms with Crippen LogP contribution in [0, 0.1) is 0 Å². The minimum Gasteiger partial charge on any atom is -0.486 e. The topological polar surface area (TPSA) is 48.1 Å². The molecule has 0 aliphatic carbocycles. The normalized spacial score (nSPS) is 11.2. The second-order valence-electron chi connectivity index (χ2n) is 3.67. The fourth-order valence-corrected chi connectivity index (χ4v) is 0.845. The zero-order chi connectivity index (χ0) is 9.19. The molecule has 0 fully saturated rings. The first kappa shape index (κ1) is 8.84. The monoisotopic (exact) mass is 166 g/mol. The van der Waals surface area contributed by atoms with E-state index in [1.165, 1.54) is 0 Å². The molecule has 0 aromatic carbocycles. The number of nitrogens with zero attached hydrogens (tertiary/aromatic N) is 1. The van der Waals surface area contributed by atoms with Gasteiger partial charge in [0, 0.05) is 6.07 Å². The van der Waals surface area contributed by atoms with Crippen LogP contribution in [0.1, 0.15) is 20.8 Å². The number of nitrogen functional groups attached to an aromatic ring is 1. The molecule has 0 bridgehead atoms. The lowest BCUT2D eigenvalue weighted by Gasteiger charge is -2.20. The standard InChI is InChI=1S/C9H14N2O/c1-9(2,3)12-8-4-7(10)5-11-6-8/h4-6H,10H2,1-3H3. The lowest BCUT2D eigenvalue weighted by Crippen LogP contribution is -2.23. The van der Waals surface area contributed by atoms with Crippen LogP contribution in [-0.4, -0.2) is 10.6 Å². The van der Waals surface area contributed by atoms with E-state index >= 15 is 0 Å². The van der Waals surface area contributed by atoms with Gasteiger partial charge in [-0.2, -0.15) is 0 Å². The summed E-state index contributed by atoms with van der Waals surface area (Å²) in [4.78, 5) is 3.92. The first-order valence-corrected chi connectivity index (χ1v) is 3.87. The third-order valence-electron chi connectivity index (χ3n) is 1.16. The van der Waals surface area contributed by atoms with Crippen LogP contribution in [0.5, 0.6) is 5.75 Å². The van der Waals surface area contributed by atoms with Crippen LogP contribution >= 0.6 is 0 Å². The van der Waals surface area contributed by atoms with Gasteiger partial charge in [-0.15, -0.1) is 0 Å². The smallest absolute Gasteiger partial charge is 0.140 e. The second kappa shape index (κ2) is 3.01. The average molecular weight is 166 g/mol. The number of pyridine rings is 1. The third-order valence-corrected chi connectivity index (χ3v) is 1.16. The highest BCUT2D eigenvalue weighted by atomic mass is 16.5. The van der Waals surface area contributed by atoms with Gasteiger partial charge >= 0.3 is 0 Å². The Morgan fingerprint density at radius 2 is 2.00 bits per heavy atom. The summed E-state index contributed by atoms with van der Waals surface area (Å²) in [5, 5.41) is 0. The highest BCUT2D eigenvalue weighted by molar-refractivity contribution is 5.40. The van der Waals surface area contributed by atoms with Crippen molar-refractivity contribution in [3.63, 3.8) is 0 Å². The molecule has 66 valence electrons. The molecule has 0 unspecified atom stereocenters. The van der Waals surface area contributed by atoms with Crippen molar-refractivity contribution >= 4 is 5.69 Å². The summed E-state index contributed by atoms with van der Waals surface area (Å²) in [6.07, 6.45) is 3.25. The predicted molar refractivity (Wildman–Crippen MR) is 49.0 cm³/mol. The van der Waals surface area contributed by atoms with E-state index in [1.807, 2.05) is 20.8 Å². The van der Waals surface area contributed by atoms with E-state index in [-0.39, 0.29) is 5.60 Å². The van der Waals surface area contributed by atoms with Crippen LogP contribution in [0.2, 0.25) is 0 Å². The minimum absolute atomic E-state index is 0.199. The molecule has 12 heavy (non-hydrogen) atoms. The Balaban J connectivity index is 2.77. The van der Waals surface area contributed by atoms with E-state index in [0.717, 1.165) is 0 Å². The number of rotatable bonds is 1. The van der Waals surface area contributed by atoms with E-state index in [1.54, 1.807) is 18.5 Å². The van der Waals surface area contributed by atoms with Gasteiger partial charge in [0.05, 0.1) is 18.1 Å². The van der Waals surface area contributed by atoms with E-state index in [4.69, 9.17) is 10.5 Å². The molecule has 0 aliphatic rings. The van der Waals surface area contributed by atoms with Gasteiger partial charge < -0.3 is 10.5 Å². The molecule has 1 aromatic heterocycles. The molecule has 0 spiro atoms. The second-order valence-corrected chi connectivity index (χ2v) is 3.67. The number of aromatic nitrogens is 1. The maximum Gasteiger partial charge on any atom is 0.140 e. The average Bonchev–Trinajstić information content (AvgIpc) is 1.82. The first-order valence-electron chi connectivity index (χ1n) is 3.87. The van der Waals surface area contributed by atoms with Crippen LogP contribution in [0.25, 0.3) is 0 Å². The van der Waals surface area contributed by atoms with Crippen molar-refractivity contribution in [2.75, 3.05) is 5.73 Å². The Hall–Kier alpha value is -1.25. The van der Waals surface area contributed by atoms with E-state index in [9.17, 15) is 0 Å². The number of hydrogen-bond acceptors (Lipinski definition) is 3. The fourth-order valence-electron chi connectivity index (χ4n) is 0.845. The molecule has 1 aromatic rings. The number of ether oxygens (including phenoxy) is 1. The van der Waals surface area contributed by atoms with Crippen molar-refractivity contribution in [1.29, 1.82) is 0 Å². The largest absolute Gasteiger partial charge is 0.486 e. The molecule has 1 rings (SSSR count). The molecule has 3 nitrogen and oxygen atoms in total. The molecule has 0 saturated carbocycles. The van der Waals surface area contributed by atoms with Crippen molar-refractivity contribution in [2.24, 2.45) is 0 Å². The quantitative estimate of drug-likeness (QED) is 0.692. The summed E-state index contributed by atoms with van der Waals surface area (Å²) in [7, 11) is 0. The maximum atomic E-state index is 5.54. The zero-order valence-corrected chi connectivity index (χ0v) is 7.66. The van der Waals surface area contributed by atoms with Crippen LogP contribution in [-0.2, 0) is 0 Å². The predicted octanol–water partition coefficient (Wildman–Crippen LogP) is 1.84. The highest BCUT2D eigenvalue weighted by Gasteiger charge is 2.11. The van der Waals surface area contributed by atoms with Gasteiger partial charge in [0.15, 0.2) is 0 Å².